The van der Waals surface area contributed by atoms with E-state index < -0.39 is 0 Å². The van der Waals surface area contributed by atoms with Crippen LogP contribution in [0.1, 0.15) is 21.9 Å². The summed E-state index contributed by atoms with van der Waals surface area (Å²) in [6, 6.07) is 13.1. The van der Waals surface area contributed by atoms with E-state index in [4.69, 9.17) is 9.68 Å². The van der Waals surface area contributed by atoms with E-state index in [2.05, 4.69) is 6.07 Å². The van der Waals surface area contributed by atoms with Crippen LogP contribution in [0, 0.1) is 11.3 Å². The van der Waals surface area contributed by atoms with E-state index in [-0.39, 0.29) is 0 Å². The maximum absolute atomic E-state index is 10.6. The smallest absolute Gasteiger partial charge is 0.185 e. The molecule has 2 aromatic heterocycles. The van der Waals surface area contributed by atoms with Crippen LogP contribution < -0.4 is 0 Å². The molecule has 0 saturated heterocycles. The summed E-state index contributed by atoms with van der Waals surface area (Å²) < 4.78 is 7.35. The topological polar surface area (TPSA) is 58.9 Å². The summed E-state index contributed by atoms with van der Waals surface area (Å²) >= 11 is 0. The Bertz CT molecular complexity index is 790. The number of hydrogen-bond acceptors (Lipinski definition) is 3. The van der Waals surface area contributed by atoms with Gasteiger partial charge in [-0.25, -0.2) is 0 Å². The first-order chi connectivity index (χ1) is 9.30. The zero-order valence-electron chi connectivity index (χ0n) is 10.0. The number of aromatic nitrogens is 1. The molecule has 1 aromatic carbocycles. The quantitative estimate of drug-likeness (QED) is 0.671. The average molecular weight is 250 g/mol. The maximum Gasteiger partial charge on any atom is 0.185 e. The lowest BCUT2D eigenvalue weighted by atomic mass is 10.2. The van der Waals surface area contributed by atoms with E-state index in [1.54, 1.807) is 18.2 Å². The minimum absolute atomic E-state index is 0.323. The Morgan fingerprint density at radius 2 is 2.16 bits per heavy atom. The molecule has 19 heavy (non-hydrogen) atoms. The summed E-state index contributed by atoms with van der Waals surface area (Å²) in [6.07, 6.45) is 2.62. The highest BCUT2D eigenvalue weighted by Crippen LogP contribution is 2.19. The van der Waals surface area contributed by atoms with Gasteiger partial charge in [0, 0.05) is 11.7 Å². The van der Waals surface area contributed by atoms with E-state index in [0.29, 0.717) is 29.9 Å². The van der Waals surface area contributed by atoms with Crippen molar-refractivity contribution in [3.8, 4) is 6.07 Å². The lowest BCUT2D eigenvalue weighted by molar-refractivity contribution is 0.109. The van der Waals surface area contributed by atoms with Crippen LogP contribution in [0.15, 0.2) is 47.0 Å². The Morgan fingerprint density at radius 3 is 2.89 bits per heavy atom. The normalized spacial score (nSPS) is 10.5. The van der Waals surface area contributed by atoms with E-state index in [0.717, 1.165) is 10.9 Å². The van der Waals surface area contributed by atoms with Crippen LogP contribution in [0.2, 0.25) is 0 Å². The van der Waals surface area contributed by atoms with Crippen molar-refractivity contribution in [1.29, 1.82) is 5.26 Å². The van der Waals surface area contributed by atoms with Crippen LogP contribution in [0.4, 0.5) is 0 Å². The third-order valence-corrected chi connectivity index (χ3v) is 3.03. The lowest BCUT2D eigenvalue weighted by Gasteiger charge is -2.03. The maximum atomic E-state index is 10.6. The summed E-state index contributed by atoms with van der Waals surface area (Å²) in [5, 5.41) is 10.0. The molecule has 4 nitrogen and oxygen atoms in total. The van der Waals surface area contributed by atoms with Crippen molar-refractivity contribution in [2.45, 2.75) is 6.54 Å². The fourth-order valence-electron chi connectivity index (χ4n) is 2.10. The summed E-state index contributed by atoms with van der Waals surface area (Å²) in [5.41, 5.74) is 1.60. The minimum atomic E-state index is 0.323. The molecule has 0 aliphatic heterocycles. The third-order valence-electron chi connectivity index (χ3n) is 3.03. The standard InChI is InChI=1S/C15H10N2O2/c16-8-11-1-2-12-5-6-17(15(12)7-11)9-13-3-4-14(10-18)19-13/h1-7,10H,9H2. The second-order valence-corrected chi connectivity index (χ2v) is 4.25. The second kappa shape index (κ2) is 4.46. The van der Waals surface area contributed by atoms with Gasteiger partial charge in [-0.05, 0) is 35.7 Å². The van der Waals surface area contributed by atoms with Gasteiger partial charge in [0.25, 0.3) is 0 Å². The zero-order valence-corrected chi connectivity index (χ0v) is 10.0. The Morgan fingerprint density at radius 1 is 1.26 bits per heavy atom. The minimum Gasteiger partial charge on any atom is -0.456 e. The number of rotatable bonds is 3. The predicted molar refractivity (Wildman–Crippen MR) is 69.9 cm³/mol. The molecule has 0 saturated carbocycles. The second-order valence-electron chi connectivity index (χ2n) is 4.25. The largest absolute Gasteiger partial charge is 0.456 e. The highest BCUT2D eigenvalue weighted by atomic mass is 16.3. The van der Waals surface area contributed by atoms with Gasteiger partial charge in [0.1, 0.15) is 5.76 Å². The molecule has 0 radical (unpaired) electrons. The first kappa shape index (κ1) is 11.3. The molecule has 0 fully saturated rings. The van der Waals surface area contributed by atoms with Gasteiger partial charge in [-0.1, -0.05) is 6.07 Å². The van der Waals surface area contributed by atoms with Gasteiger partial charge in [-0.3, -0.25) is 4.79 Å². The molecule has 0 atom stereocenters. The van der Waals surface area contributed by atoms with Gasteiger partial charge in [-0.2, -0.15) is 5.26 Å². The van der Waals surface area contributed by atoms with E-state index in [1.165, 1.54) is 0 Å². The van der Waals surface area contributed by atoms with Crippen molar-refractivity contribution < 1.29 is 9.21 Å². The fourth-order valence-corrected chi connectivity index (χ4v) is 2.10. The molecule has 2 heterocycles. The molecule has 0 bridgehead atoms. The number of carbonyl (C=O) groups is 1. The number of nitriles is 1. The molecular weight excluding hydrogens is 240 g/mol. The lowest BCUT2D eigenvalue weighted by Crippen LogP contribution is -1.96. The van der Waals surface area contributed by atoms with Crippen LogP contribution in [0.5, 0.6) is 0 Å². The predicted octanol–water partition coefficient (Wildman–Crippen LogP) is 2.97. The molecule has 0 unspecified atom stereocenters. The number of aldehydes is 1. The third kappa shape index (κ3) is 2.02. The molecule has 3 aromatic rings. The number of fused-ring (bicyclic) bond motifs is 1. The van der Waals surface area contributed by atoms with Crippen molar-refractivity contribution in [3.63, 3.8) is 0 Å². The van der Waals surface area contributed by atoms with Gasteiger partial charge < -0.3 is 8.98 Å². The molecule has 0 spiro atoms. The summed E-state index contributed by atoms with van der Waals surface area (Å²) in [5.74, 6) is 1.03. The molecule has 4 heteroatoms. The highest BCUT2D eigenvalue weighted by Gasteiger charge is 2.06. The van der Waals surface area contributed by atoms with Crippen molar-refractivity contribution >= 4 is 17.2 Å². The first-order valence-electron chi connectivity index (χ1n) is 5.83. The summed E-state index contributed by atoms with van der Waals surface area (Å²) in [4.78, 5) is 10.6. The van der Waals surface area contributed by atoms with Crippen LogP contribution in [0.3, 0.4) is 0 Å². The van der Waals surface area contributed by atoms with Crippen LogP contribution >= 0.6 is 0 Å². The monoisotopic (exact) mass is 250 g/mol. The molecular formula is C15H10N2O2. The average Bonchev–Trinajstić information content (AvgIpc) is 3.06. The van der Waals surface area contributed by atoms with Gasteiger partial charge in [-0.15, -0.1) is 0 Å². The van der Waals surface area contributed by atoms with E-state index >= 15 is 0 Å². The molecule has 0 aliphatic carbocycles. The molecule has 3 rings (SSSR count). The van der Waals surface area contributed by atoms with Gasteiger partial charge in [0.15, 0.2) is 12.0 Å². The fraction of sp³-hybridized carbons (Fsp3) is 0.0667. The van der Waals surface area contributed by atoms with E-state index in [9.17, 15) is 4.79 Å². The molecule has 0 amide bonds. The first-order valence-corrected chi connectivity index (χ1v) is 5.83. The van der Waals surface area contributed by atoms with Crippen molar-refractivity contribution in [2.24, 2.45) is 0 Å². The Balaban J connectivity index is 2.00. The summed E-state index contributed by atoms with van der Waals surface area (Å²) in [7, 11) is 0. The van der Waals surface area contributed by atoms with Gasteiger partial charge in [0.2, 0.25) is 0 Å². The highest BCUT2D eigenvalue weighted by molar-refractivity contribution is 5.81. The molecule has 92 valence electrons. The zero-order chi connectivity index (χ0) is 13.2. The number of carbonyl (C=O) groups excluding carboxylic acids is 1. The molecule has 0 aliphatic rings. The molecule has 0 N–H and O–H groups in total. The van der Waals surface area contributed by atoms with Crippen molar-refractivity contribution in [3.05, 3.63) is 59.7 Å². The van der Waals surface area contributed by atoms with Crippen LogP contribution in [0.25, 0.3) is 10.9 Å². The van der Waals surface area contributed by atoms with Crippen molar-refractivity contribution in [2.75, 3.05) is 0 Å². The number of nitrogens with zero attached hydrogens (tertiary/aromatic N) is 2. The number of furan rings is 1. The Hall–Kier alpha value is -2.80. The van der Waals surface area contributed by atoms with Gasteiger partial charge >= 0.3 is 0 Å². The number of hydrogen-bond donors (Lipinski definition) is 0. The SMILES string of the molecule is N#Cc1ccc2ccn(Cc3ccc(C=O)o3)c2c1. The Labute approximate surface area is 109 Å². The Kier molecular flexibility index (Phi) is 2.66. The summed E-state index contributed by atoms with van der Waals surface area (Å²) in [6.45, 7) is 0.534. The number of benzene rings is 1. The van der Waals surface area contributed by atoms with E-state index in [1.807, 2.05) is 29.0 Å². The van der Waals surface area contributed by atoms with Gasteiger partial charge in [0.05, 0.1) is 18.2 Å². The van der Waals surface area contributed by atoms with Crippen LogP contribution in [-0.2, 0) is 6.54 Å². The van der Waals surface area contributed by atoms with Crippen LogP contribution in [-0.4, -0.2) is 10.9 Å². The van der Waals surface area contributed by atoms with Crippen molar-refractivity contribution in [1.82, 2.24) is 4.57 Å².